The molecule has 0 heterocycles. The normalized spacial score (nSPS) is 11.5. The lowest BCUT2D eigenvalue weighted by molar-refractivity contribution is 0.157. The van der Waals surface area contributed by atoms with E-state index in [4.69, 9.17) is 9.84 Å². The maximum Gasteiger partial charge on any atom is 0.118 e. The third-order valence-corrected chi connectivity index (χ3v) is 2.78. The fourth-order valence-electron chi connectivity index (χ4n) is 1.51. The van der Waals surface area contributed by atoms with Crippen LogP contribution in [0.3, 0.4) is 0 Å². The molecule has 0 aliphatic heterocycles. The Balaban J connectivity index is 2.26. The minimum atomic E-state index is -0.0418. The van der Waals surface area contributed by atoms with Crippen molar-refractivity contribution in [2.24, 2.45) is 5.41 Å². The van der Waals surface area contributed by atoms with Crippen molar-refractivity contribution in [2.45, 2.75) is 20.3 Å². The van der Waals surface area contributed by atoms with Crippen molar-refractivity contribution in [2.75, 3.05) is 26.8 Å². The van der Waals surface area contributed by atoms with Gasteiger partial charge >= 0.3 is 0 Å². The fourth-order valence-corrected chi connectivity index (χ4v) is 1.51. The summed E-state index contributed by atoms with van der Waals surface area (Å²) in [6.07, 6.45) is 0.992. The van der Waals surface area contributed by atoms with E-state index in [-0.39, 0.29) is 12.0 Å². The molecule has 1 aromatic rings. The molecule has 1 rings (SSSR count). The molecule has 0 radical (unpaired) electrons. The lowest BCUT2D eigenvalue weighted by atomic mass is 9.95. The first kappa shape index (κ1) is 14.0. The summed E-state index contributed by atoms with van der Waals surface area (Å²) in [5, 5.41) is 12.5. The Hall–Kier alpha value is -1.06. The number of ether oxygens (including phenoxy) is 1. The maximum atomic E-state index is 9.11. The van der Waals surface area contributed by atoms with E-state index in [1.54, 1.807) is 7.11 Å². The molecule has 17 heavy (non-hydrogen) atoms. The van der Waals surface area contributed by atoms with Crippen LogP contribution in [0.15, 0.2) is 24.3 Å². The molecule has 0 spiro atoms. The van der Waals surface area contributed by atoms with Crippen LogP contribution in [0, 0.1) is 5.41 Å². The number of benzene rings is 1. The van der Waals surface area contributed by atoms with Crippen molar-refractivity contribution in [1.29, 1.82) is 0 Å². The van der Waals surface area contributed by atoms with Gasteiger partial charge in [-0.3, -0.25) is 0 Å². The van der Waals surface area contributed by atoms with Crippen LogP contribution in [0.1, 0.15) is 19.4 Å². The molecule has 0 saturated carbocycles. The number of nitrogens with one attached hydrogen (secondary N) is 1. The van der Waals surface area contributed by atoms with Gasteiger partial charge in [0.2, 0.25) is 0 Å². The molecule has 0 amide bonds. The largest absolute Gasteiger partial charge is 0.497 e. The van der Waals surface area contributed by atoms with Gasteiger partial charge in [-0.1, -0.05) is 26.0 Å². The molecule has 0 atom stereocenters. The van der Waals surface area contributed by atoms with Gasteiger partial charge in [0.25, 0.3) is 0 Å². The molecule has 0 aliphatic rings. The van der Waals surface area contributed by atoms with E-state index in [9.17, 15) is 0 Å². The van der Waals surface area contributed by atoms with Crippen molar-refractivity contribution in [1.82, 2.24) is 5.32 Å². The molecule has 2 N–H and O–H groups in total. The second-order valence-corrected chi connectivity index (χ2v) is 5.10. The van der Waals surface area contributed by atoms with Gasteiger partial charge in [0.05, 0.1) is 7.11 Å². The molecule has 0 saturated heterocycles. The lowest BCUT2D eigenvalue weighted by Gasteiger charge is -2.21. The number of methoxy groups -OCH3 is 1. The van der Waals surface area contributed by atoms with Gasteiger partial charge in [-0.05, 0) is 30.7 Å². The highest BCUT2D eigenvalue weighted by Gasteiger charge is 2.14. The second-order valence-electron chi connectivity index (χ2n) is 5.10. The van der Waals surface area contributed by atoms with Gasteiger partial charge in [0, 0.05) is 18.6 Å². The van der Waals surface area contributed by atoms with E-state index in [1.807, 2.05) is 26.0 Å². The second kappa shape index (κ2) is 6.62. The van der Waals surface area contributed by atoms with E-state index in [1.165, 1.54) is 5.56 Å². The molecule has 3 nitrogen and oxygen atoms in total. The molecule has 0 fully saturated rings. The summed E-state index contributed by atoms with van der Waals surface area (Å²) in [5.41, 5.74) is 1.25. The Labute approximate surface area is 104 Å². The Bertz CT molecular complexity index is 319. The van der Waals surface area contributed by atoms with Gasteiger partial charge in [-0.2, -0.15) is 0 Å². The molecular weight excluding hydrogens is 214 g/mol. The summed E-state index contributed by atoms with van der Waals surface area (Å²) in [5.74, 6) is 0.892. The van der Waals surface area contributed by atoms with Gasteiger partial charge in [0.1, 0.15) is 5.75 Å². The van der Waals surface area contributed by atoms with Crippen LogP contribution < -0.4 is 10.1 Å². The highest BCUT2D eigenvalue weighted by Crippen LogP contribution is 2.12. The highest BCUT2D eigenvalue weighted by molar-refractivity contribution is 5.27. The zero-order valence-electron chi connectivity index (χ0n) is 11.0. The van der Waals surface area contributed by atoms with E-state index in [0.29, 0.717) is 0 Å². The van der Waals surface area contributed by atoms with Gasteiger partial charge < -0.3 is 15.2 Å². The number of aliphatic hydroxyl groups excluding tert-OH is 1. The topological polar surface area (TPSA) is 41.5 Å². The van der Waals surface area contributed by atoms with E-state index < -0.39 is 0 Å². The Morgan fingerprint density at radius 3 is 2.41 bits per heavy atom. The Morgan fingerprint density at radius 1 is 1.24 bits per heavy atom. The lowest BCUT2D eigenvalue weighted by Crippen LogP contribution is -2.33. The monoisotopic (exact) mass is 237 g/mol. The Kier molecular flexibility index (Phi) is 5.45. The fraction of sp³-hybridized carbons (Fsp3) is 0.571. The number of hydrogen-bond donors (Lipinski definition) is 2. The van der Waals surface area contributed by atoms with E-state index in [2.05, 4.69) is 17.4 Å². The average Bonchev–Trinajstić information content (AvgIpc) is 2.35. The van der Waals surface area contributed by atoms with Crippen molar-refractivity contribution in [3.8, 4) is 5.75 Å². The third kappa shape index (κ3) is 5.20. The van der Waals surface area contributed by atoms with Crippen LogP contribution in [0.5, 0.6) is 5.75 Å². The zero-order valence-corrected chi connectivity index (χ0v) is 11.0. The van der Waals surface area contributed by atoms with Gasteiger partial charge in [-0.15, -0.1) is 0 Å². The summed E-state index contributed by atoms with van der Waals surface area (Å²) < 4.78 is 5.11. The number of hydrogen-bond acceptors (Lipinski definition) is 3. The molecule has 3 heteroatoms. The molecule has 96 valence electrons. The maximum absolute atomic E-state index is 9.11. The van der Waals surface area contributed by atoms with Crippen LogP contribution in [-0.4, -0.2) is 31.9 Å². The molecule has 0 aliphatic carbocycles. The standard InChI is InChI=1S/C14H23NO2/c1-14(2,11-16)10-15-9-8-12-4-6-13(17-3)7-5-12/h4-7,15-16H,8-11H2,1-3H3. The summed E-state index contributed by atoms with van der Waals surface area (Å²) in [6, 6.07) is 8.12. The van der Waals surface area contributed by atoms with Crippen molar-refractivity contribution in [3.05, 3.63) is 29.8 Å². The highest BCUT2D eigenvalue weighted by atomic mass is 16.5. The van der Waals surface area contributed by atoms with E-state index in [0.717, 1.165) is 25.3 Å². The average molecular weight is 237 g/mol. The predicted octanol–water partition coefficient (Wildman–Crippen LogP) is 1.85. The smallest absolute Gasteiger partial charge is 0.118 e. The summed E-state index contributed by atoms with van der Waals surface area (Å²) in [6.45, 7) is 6.07. The summed E-state index contributed by atoms with van der Waals surface area (Å²) in [7, 11) is 1.67. The predicted molar refractivity (Wildman–Crippen MR) is 70.4 cm³/mol. The van der Waals surface area contributed by atoms with Crippen molar-refractivity contribution < 1.29 is 9.84 Å². The molecule has 0 bridgehead atoms. The van der Waals surface area contributed by atoms with Crippen LogP contribution in [0.25, 0.3) is 0 Å². The molecular formula is C14H23NO2. The first-order valence-electron chi connectivity index (χ1n) is 6.02. The SMILES string of the molecule is COc1ccc(CCNCC(C)(C)CO)cc1. The van der Waals surface area contributed by atoms with Crippen LogP contribution in [-0.2, 0) is 6.42 Å². The zero-order chi connectivity index (χ0) is 12.7. The van der Waals surface area contributed by atoms with Crippen LogP contribution in [0.2, 0.25) is 0 Å². The third-order valence-electron chi connectivity index (χ3n) is 2.78. The molecule has 0 unspecified atom stereocenters. The Morgan fingerprint density at radius 2 is 1.88 bits per heavy atom. The first-order chi connectivity index (χ1) is 8.07. The summed E-state index contributed by atoms with van der Waals surface area (Å²) in [4.78, 5) is 0. The molecule has 0 aromatic heterocycles. The number of aliphatic hydroxyl groups is 1. The van der Waals surface area contributed by atoms with Crippen LogP contribution >= 0.6 is 0 Å². The van der Waals surface area contributed by atoms with E-state index >= 15 is 0 Å². The minimum Gasteiger partial charge on any atom is -0.497 e. The summed E-state index contributed by atoms with van der Waals surface area (Å²) >= 11 is 0. The van der Waals surface area contributed by atoms with Crippen molar-refractivity contribution in [3.63, 3.8) is 0 Å². The molecule has 1 aromatic carbocycles. The first-order valence-corrected chi connectivity index (χ1v) is 6.02. The number of rotatable bonds is 7. The van der Waals surface area contributed by atoms with Gasteiger partial charge in [0.15, 0.2) is 0 Å². The van der Waals surface area contributed by atoms with Gasteiger partial charge in [-0.25, -0.2) is 0 Å². The van der Waals surface area contributed by atoms with Crippen LogP contribution in [0.4, 0.5) is 0 Å². The minimum absolute atomic E-state index is 0.0418. The quantitative estimate of drug-likeness (QED) is 0.711. The van der Waals surface area contributed by atoms with Crippen molar-refractivity contribution >= 4 is 0 Å².